The number of anilines is 1. The second-order valence-electron chi connectivity index (χ2n) is 6.82. The first-order valence-electron chi connectivity index (χ1n) is 8.70. The molecule has 3 rings (SSSR count). The van der Waals surface area contributed by atoms with Crippen LogP contribution >= 0.6 is 11.6 Å². The third kappa shape index (κ3) is 3.84. The van der Waals surface area contributed by atoms with Crippen molar-refractivity contribution in [2.75, 3.05) is 18.9 Å². The number of hydrogen-bond acceptors (Lipinski definition) is 8. The van der Waals surface area contributed by atoms with Crippen LogP contribution in [0.2, 0.25) is 5.28 Å². The molecule has 1 aliphatic rings. The van der Waals surface area contributed by atoms with Crippen molar-refractivity contribution in [3.05, 3.63) is 11.6 Å². The molecule has 2 aromatic rings. The van der Waals surface area contributed by atoms with Crippen molar-refractivity contribution >= 4 is 34.5 Å². The van der Waals surface area contributed by atoms with Gasteiger partial charge in [0.05, 0.1) is 6.33 Å². The summed E-state index contributed by atoms with van der Waals surface area (Å²) in [5.41, 5.74) is 0.744. The van der Waals surface area contributed by atoms with E-state index in [0.717, 1.165) is 6.42 Å². The molecule has 1 fully saturated rings. The van der Waals surface area contributed by atoms with Crippen LogP contribution in [0.3, 0.4) is 0 Å². The smallest absolute Gasteiger partial charge is 0.252 e. The van der Waals surface area contributed by atoms with E-state index in [-0.39, 0.29) is 5.28 Å². The van der Waals surface area contributed by atoms with Crippen LogP contribution in [-0.4, -0.2) is 67.5 Å². The number of nitrogens with zero attached hydrogens (tertiary/aromatic N) is 4. The monoisotopic (exact) mass is 398 g/mol. The zero-order chi connectivity index (χ0) is 19.7. The number of carbonyl (C=O) groups excluding carboxylic acids is 1. The number of fused-ring (bicyclic) bond motifs is 1. The minimum absolute atomic E-state index is 0.00962. The molecule has 4 N–H and O–H groups in total. The Morgan fingerprint density at radius 1 is 1.37 bits per heavy atom. The molecule has 2 aromatic heterocycles. The topological polar surface area (TPSA) is 134 Å². The fourth-order valence-corrected chi connectivity index (χ4v) is 3.11. The number of hydrogen-bond donors (Lipinski definition) is 4. The van der Waals surface area contributed by atoms with Crippen LogP contribution in [0.25, 0.3) is 11.2 Å². The van der Waals surface area contributed by atoms with Gasteiger partial charge in [0, 0.05) is 13.6 Å². The summed E-state index contributed by atoms with van der Waals surface area (Å²) in [5.74, 6) is 0.374. The SMILES string of the molecule is CNc1nc(Cl)nc2c1ncn2[C@@H]1O[C@H](C(=O)NCCC(C)C)[C@@H](O)[C@H]1O. The summed E-state index contributed by atoms with van der Waals surface area (Å²) >= 11 is 5.94. The van der Waals surface area contributed by atoms with Crippen molar-refractivity contribution in [3.63, 3.8) is 0 Å². The van der Waals surface area contributed by atoms with Gasteiger partial charge in [-0.2, -0.15) is 9.97 Å². The molecule has 1 saturated heterocycles. The summed E-state index contributed by atoms with van der Waals surface area (Å²) in [6.07, 6.45) is -2.76. The van der Waals surface area contributed by atoms with Crippen molar-refractivity contribution in [1.82, 2.24) is 24.8 Å². The second kappa shape index (κ2) is 7.93. The standard InChI is InChI=1S/C16H23ClN6O4/c1-7(2)4-5-19-14(26)11-9(24)10(25)15(27-11)23-6-20-8-12(18-3)21-16(17)22-13(8)23/h6-7,9-11,15,24-25H,4-5H2,1-3H3,(H,19,26)(H,18,21,22)/t9-,10+,11-,15+/m0/s1. The van der Waals surface area contributed by atoms with Crippen LogP contribution in [0.4, 0.5) is 5.82 Å². The molecule has 148 valence electrons. The number of halogens is 1. The quantitative estimate of drug-likeness (QED) is 0.510. The Hall–Kier alpha value is -2.01. The Bertz CT molecular complexity index is 829. The molecule has 0 aliphatic carbocycles. The van der Waals surface area contributed by atoms with Crippen molar-refractivity contribution in [2.45, 2.75) is 44.8 Å². The molecule has 27 heavy (non-hydrogen) atoms. The number of ether oxygens (including phenoxy) is 1. The van der Waals surface area contributed by atoms with Gasteiger partial charge in [-0.05, 0) is 23.9 Å². The van der Waals surface area contributed by atoms with Gasteiger partial charge in [0.15, 0.2) is 29.3 Å². The van der Waals surface area contributed by atoms with Gasteiger partial charge >= 0.3 is 0 Å². The third-order valence-corrected chi connectivity index (χ3v) is 4.59. The molecule has 1 aliphatic heterocycles. The highest BCUT2D eigenvalue weighted by Crippen LogP contribution is 2.32. The van der Waals surface area contributed by atoms with Gasteiger partial charge in [-0.25, -0.2) is 4.98 Å². The van der Waals surface area contributed by atoms with Gasteiger partial charge in [0.2, 0.25) is 5.28 Å². The van der Waals surface area contributed by atoms with E-state index in [2.05, 4.69) is 25.6 Å². The van der Waals surface area contributed by atoms with Gasteiger partial charge < -0.3 is 25.6 Å². The first-order valence-corrected chi connectivity index (χ1v) is 9.08. The minimum Gasteiger partial charge on any atom is -0.387 e. The summed E-state index contributed by atoms with van der Waals surface area (Å²) in [6, 6.07) is 0. The Morgan fingerprint density at radius 2 is 2.11 bits per heavy atom. The summed E-state index contributed by atoms with van der Waals surface area (Å²) in [6.45, 7) is 4.55. The zero-order valence-corrected chi connectivity index (χ0v) is 16.0. The third-order valence-electron chi connectivity index (χ3n) is 4.42. The normalized spacial score (nSPS) is 25.3. The molecular weight excluding hydrogens is 376 g/mol. The maximum Gasteiger partial charge on any atom is 0.252 e. The van der Waals surface area contributed by atoms with Crippen molar-refractivity contribution < 1.29 is 19.7 Å². The van der Waals surface area contributed by atoms with E-state index >= 15 is 0 Å². The van der Waals surface area contributed by atoms with E-state index in [0.29, 0.717) is 29.4 Å². The van der Waals surface area contributed by atoms with Crippen LogP contribution in [0, 0.1) is 5.92 Å². The number of aliphatic hydroxyl groups excluding tert-OH is 2. The summed E-state index contributed by atoms with van der Waals surface area (Å²) in [7, 11) is 1.67. The molecule has 0 aromatic carbocycles. The molecule has 0 spiro atoms. The molecule has 11 heteroatoms. The number of aliphatic hydroxyl groups is 2. The number of rotatable bonds is 6. The number of amides is 1. The van der Waals surface area contributed by atoms with E-state index in [1.165, 1.54) is 10.9 Å². The highest BCUT2D eigenvalue weighted by atomic mass is 35.5. The predicted octanol–water partition coefficient (Wildman–Crippen LogP) is 0.303. The van der Waals surface area contributed by atoms with E-state index < -0.39 is 30.4 Å². The molecule has 0 saturated carbocycles. The fraction of sp³-hybridized carbons (Fsp3) is 0.625. The second-order valence-corrected chi connectivity index (χ2v) is 7.16. The van der Waals surface area contributed by atoms with E-state index in [1.807, 2.05) is 13.8 Å². The van der Waals surface area contributed by atoms with Gasteiger partial charge in [-0.15, -0.1) is 0 Å². The lowest BCUT2D eigenvalue weighted by atomic mass is 10.1. The number of imidazole rings is 1. The lowest BCUT2D eigenvalue weighted by Crippen LogP contribution is -2.43. The fourth-order valence-electron chi connectivity index (χ4n) is 2.94. The highest BCUT2D eigenvalue weighted by Gasteiger charge is 2.47. The van der Waals surface area contributed by atoms with Crippen LogP contribution < -0.4 is 10.6 Å². The van der Waals surface area contributed by atoms with E-state index in [9.17, 15) is 15.0 Å². The van der Waals surface area contributed by atoms with E-state index in [1.54, 1.807) is 7.05 Å². The average molecular weight is 399 g/mol. The highest BCUT2D eigenvalue weighted by molar-refractivity contribution is 6.28. The molecule has 0 unspecified atom stereocenters. The van der Waals surface area contributed by atoms with Crippen LogP contribution in [0.1, 0.15) is 26.5 Å². The van der Waals surface area contributed by atoms with Crippen LogP contribution in [-0.2, 0) is 9.53 Å². The van der Waals surface area contributed by atoms with Gasteiger partial charge in [0.1, 0.15) is 12.2 Å². The van der Waals surface area contributed by atoms with Crippen LogP contribution in [0.5, 0.6) is 0 Å². The number of nitrogens with one attached hydrogen (secondary N) is 2. The molecule has 0 radical (unpaired) electrons. The molecular formula is C16H23ClN6O4. The number of carbonyl (C=O) groups is 1. The Kier molecular flexibility index (Phi) is 5.80. The summed E-state index contributed by atoms with van der Waals surface area (Å²) < 4.78 is 7.09. The van der Waals surface area contributed by atoms with Gasteiger partial charge in [-0.1, -0.05) is 13.8 Å². The lowest BCUT2D eigenvalue weighted by molar-refractivity contribution is -0.137. The van der Waals surface area contributed by atoms with Crippen molar-refractivity contribution in [1.29, 1.82) is 0 Å². The molecule has 0 bridgehead atoms. The largest absolute Gasteiger partial charge is 0.387 e. The maximum atomic E-state index is 12.3. The predicted molar refractivity (Wildman–Crippen MR) is 98.3 cm³/mol. The summed E-state index contributed by atoms with van der Waals surface area (Å²) in [4.78, 5) is 24.7. The first kappa shape index (κ1) is 19.7. The van der Waals surface area contributed by atoms with Crippen molar-refractivity contribution in [2.24, 2.45) is 5.92 Å². The van der Waals surface area contributed by atoms with Gasteiger partial charge in [-0.3, -0.25) is 9.36 Å². The van der Waals surface area contributed by atoms with E-state index in [4.69, 9.17) is 16.3 Å². The van der Waals surface area contributed by atoms with Crippen LogP contribution in [0.15, 0.2) is 6.33 Å². The average Bonchev–Trinajstić information content (AvgIpc) is 3.15. The molecule has 10 nitrogen and oxygen atoms in total. The maximum absolute atomic E-state index is 12.3. The Labute approximate surface area is 160 Å². The molecule has 3 heterocycles. The minimum atomic E-state index is -1.38. The Balaban J connectivity index is 1.83. The zero-order valence-electron chi connectivity index (χ0n) is 15.3. The number of aromatic nitrogens is 4. The molecule has 1 amide bonds. The first-order chi connectivity index (χ1) is 12.8. The van der Waals surface area contributed by atoms with Gasteiger partial charge in [0.25, 0.3) is 5.91 Å². The molecule has 4 atom stereocenters. The van der Waals surface area contributed by atoms with Crippen molar-refractivity contribution in [3.8, 4) is 0 Å². The Morgan fingerprint density at radius 3 is 2.78 bits per heavy atom. The lowest BCUT2D eigenvalue weighted by Gasteiger charge is -2.16. The summed E-state index contributed by atoms with van der Waals surface area (Å²) in [5, 5.41) is 26.3.